The van der Waals surface area contributed by atoms with Gasteiger partial charge in [0.2, 0.25) is 0 Å². The monoisotopic (exact) mass is 234 g/mol. The van der Waals surface area contributed by atoms with Crippen LogP contribution in [0.25, 0.3) is 0 Å². The number of rotatable bonds is 8. The second kappa shape index (κ2) is 7.50. The first kappa shape index (κ1) is 14.2. The Hall–Kier alpha value is -0.820. The molecule has 1 aromatic rings. The summed E-state index contributed by atoms with van der Waals surface area (Å²) in [7, 11) is 0. The highest BCUT2D eigenvalue weighted by molar-refractivity contribution is 5.24. The number of unbranched alkanes of at least 4 members (excludes halogenated alkanes) is 2. The zero-order valence-electron chi connectivity index (χ0n) is 11.3. The molecule has 0 saturated carbocycles. The fourth-order valence-corrected chi connectivity index (χ4v) is 2.49. The predicted molar refractivity (Wildman–Crippen MR) is 74.3 cm³/mol. The first-order valence-corrected chi connectivity index (χ1v) is 6.89. The normalized spacial score (nSPS) is 14.5. The highest BCUT2D eigenvalue weighted by atomic mass is 16.2. The smallest absolute Gasteiger partial charge is 0.0431 e. The van der Waals surface area contributed by atoms with Gasteiger partial charge in [-0.3, -0.25) is 0 Å². The second-order valence-corrected chi connectivity index (χ2v) is 5.21. The zero-order chi connectivity index (χ0) is 12.6. The lowest BCUT2D eigenvalue weighted by Crippen LogP contribution is -2.22. The number of aliphatic hydroxyl groups is 1. The third-order valence-corrected chi connectivity index (χ3v) is 3.69. The van der Waals surface area contributed by atoms with Gasteiger partial charge in [-0.2, -0.15) is 0 Å². The topological polar surface area (TPSA) is 20.2 Å². The number of aliphatic hydroxyl groups excluding tert-OH is 1. The van der Waals surface area contributed by atoms with Crippen molar-refractivity contribution in [1.82, 2.24) is 0 Å². The van der Waals surface area contributed by atoms with Crippen LogP contribution in [0.4, 0.5) is 0 Å². The zero-order valence-corrected chi connectivity index (χ0v) is 11.3. The van der Waals surface area contributed by atoms with Crippen LogP contribution in [-0.4, -0.2) is 11.7 Å². The first-order valence-electron chi connectivity index (χ1n) is 6.89. The van der Waals surface area contributed by atoms with Gasteiger partial charge in [0.15, 0.2) is 0 Å². The molecule has 0 spiro atoms. The average Bonchev–Trinajstić information content (AvgIpc) is 2.38. The Bertz CT molecular complexity index is 294. The summed E-state index contributed by atoms with van der Waals surface area (Å²) < 4.78 is 0. The van der Waals surface area contributed by atoms with Gasteiger partial charge in [0, 0.05) is 6.61 Å². The maximum absolute atomic E-state index is 9.05. The van der Waals surface area contributed by atoms with Gasteiger partial charge in [0.1, 0.15) is 0 Å². The molecule has 0 aromatic heterocycles. The van der Waals surface area contributed by atoms with E-state index in [0.29, 0.717) is 6.61 Å². The molecule has 1 N–H and O–H groups in total. The SMILES string of the molecule is CCCCCC(C)(CCCO)c1ccccc1. The van der Waals surface area contributed by atoms with Crippen molar-refractivity contribution >= 4 is 0 Å². The Labute approximate surface area is 106 Å². The summed E-state index contributed by atoms with van der Waals surface area (Å²) in [6.07, 6.45) is 7.07. The Balaban J connectivity index is 2.70. The van der Waals surface area contributed by atoms with E-state index in [1.54, 1.807) is 0 Å². The van der Waals surface area contributed by atoms with Crippen LogP contribution < -0.4 is 0 Å². The van der Waals surface area contributed by atoms with Crippen molar-refractivity contribution in [1.29, 1.82) is 0 Å². The fourth-order valence-electron chi connectivity index (χ4n) is 2.49. The van der Waals surface area contributed by atoms with Crippen molar-refractivity contribution in [3.8, 4) is 0 Å². The molecular formula is C16H26O. The van der Waals surface area contributed by atoms with Crippen molar-refractivity contribution in [2.75, 3.05) is 6.61 Å². The highest BCUT2D eigenvalue weighted by Crippen LogP contribution is 2.34. The molecule has 1 heteroatoms. The third-order valence-electron chi connectivity index (χ3n) is 3.69. The van der Waals surface area contributed by atoms with E-state index in [2.05, 4.69) is 44.2 Å². The molecule has 0 heterocycles. The quantitative estimate of drug-likeness (QED) is 0.665. The van der Waals surface area contributed by atoms with Gasteiger partial charge in [0.05, 0.1) is 0 Å². The molecule has 1 aromatic carbocycles. The molecule has 0 bridgehead atoms. The largest absolute Gasteiger partial charge is 0.396 e. The summed E-state index contributed by atoms with van der Waals surface area (Å²) in [5.41, 5.74) is 1.66. The first-order chi connectivity index (χ1) is 8.23. The molecule has 0 aliphatic heterocycles. The predicted octanol–water partition coefficient (Wildman–Crippen LogP) is 4.30. The van der Waals surface area contributed by atoms with E-state index < -0.39 is 0 Å². The lowest BCUT2D eigenvalue weighted by Gasteiger charge is -2.30. The minimum Gasteiger partial charge on any atom is -0.396 e. The van der Waals surface area contributed by atoms with Gasteiger partial charge in [-0.15, -0.1) is 0 Å². The lowest BCUT2D eigenvalue weighted by molar-refractivity contribution is 0.258. The Kier molecular flexibility index (Phi) is 6.28. The molecule has 1 rings (SSSR count). The van der Waals surface area contributed by atoms with E-state index in [0.717, 1.165) is 12.8 Å². The van der Waals surface area contributed by atoms with Gasteiger partial charge in [-0.05, 0) is 30.2 Å². The van der Waals surface area contributed by atoms with Crippen molar-refractivity contribution in [2.24, 2.45) is 0 Å². The molecule has 1 unspecified atom stereocenters. The van der Waals surface area contributed by atoms with Crippen molar-refractivity contribution in [3.05, 3.63) is 35.9 Å². The van der Waals surface area contributed by atoms with Crippen LogP contribution in [-0.2, 0) is 5.41 Å². The summed E-state index contributed by atoms with van der Waals surface area (Å²) in [5.74, 6) is 0. The molecule has 0 aliphatic rings. The average molecular weight is 234 g/mol. The second-order valence-electron chi connectivity index (χ2n) is 5.21. The van der Waals surface area contributed by atoms with Crippen molar-refractivity contribution < 1.29 is 5.11 Å². The van der Waals surface area contributed by atoms with Crippen molar-refractivity contribution in [3.63, 3.8) is 0 Å². The number of hydrogen-bond acceptors (Lipinski definition) is 1. The van der Waals surface area contributed by atoms with E-state index in [-0.39, 0.29) is 5.41 Å². The van der Waals surface area contributed by atoms with Crippen LogP contribution in [0.5, 0.6) is 0 Å². The molecule has 17 heavy (non-hydrogen) atoms. The third kappa shape index (κ3) is 4.51. The minimum absolute atomic E-state index is 0.235. The van der Waals surface area contributed by atoms with E-state index in [9.17, 15) is 0 Å². The summed E-state index contributed by atoms with van der Waals surface area (Å²) in [6, 6.07) is 10.8. The standard InChI is InChI=1S/C16H26O/c1-3-4-8-12-16(2,13-9-14-17)15-10-6-5-7-11-15/h5-7,10-11,17H,3-4,8-9,12-14H2,1-2H3. The van der Waals surface area contributed by atoms with Crippen LogP contribution in [0.15, 0.2) is 30.3 Å². The summed E-state index contributed by atoms with van der Waals surface area (Å²) >= 11 is 0. The van der Waals surface area contributed by atoms with Gasteiger partial charge < -0.3 is 5.11 Å². The van der Waals surface area contributed by atoms with E-state index in [1.165, 1.54) is 31.2 Å². The minimum atomic E-state index is 0.235. The molecule has 0 saturated heterocycles. The molecule has 96 valence electrons. The van der Waals surface area contributed by atoms with Crippen LogP contribution in [0.1, 0.15) is 57.9 Å². The number of benzene rings is 1. The van der Waals surface area contributed by atoms with Crippen molar-refractivity contribution in [2.45, 2.75) is 57.8 Å². The summed E-state index contributed by atoms with van der Waals surface area (Å²) in [4.78, 5) is 0. The molecule has 0 aliphatic carbocycles. The van der Waals surface area contributed by atoms with Gasteiger partial charge >= 0.3 is 0 Å². The summed E-state index contributed by atoms with van der Waals surface area (Å²) in [6.45, 7) is 4.89. The maximum Gasteiger partial charge on any atom is 0.0431 e. The van der Waals surface area contributed by atoms with Crippen LogP contribution >= 0.6 is 0 Å². The van der Waals surface area contributed by atoms with E-state index >= 15 is 0 Å². The molecule has 1 nitrogen and oxygen atoms in total. The lowest BCUT2D eigenvalue weighted by atomic mass is 9.75. The Morgan fingerprint density at radius 1 is 1.00 bits per heavy atom. The Morgan fingerprint density at radius 2 is 1.65 bits per heavy atom. The van der Waals surface area contributed by atoms with Gasteiger partial charge in [0.25, 0.3) is 0 Å². The van der Waals surface area contributed by atoms with Gasteiger partial charge in [-0.25, -0.2) is 0 Å². The number of hydrogen-bond donors (Lipinski definition) is 1. The van der Waals surface area contributed by atoms with Crippen LogP contribution in [0.3, 0.4) is 0 Å². The van der Waals surface area contributed by atoms with Crippen LogP contribution in [0.2, 0.25) is 0 Å². The highest BCUT2D eigenvalue weighted by Gasteiger charge is 2.25. The molecule has 0 amide bonds. The molecule has 1 atom stereocenters. The van der Waals surface area contributed by atoms with E-state index in [4.69, 9.17) is 5.11 Å². The molecule has 0 fully saturated rings. The Morgan fingerprint density at radius 3 is 2.24 bits per heavy atom. The summed E-state index contributed by atoms with van der Waals surface area (Å²) in [5, 5.41) is 9.05. The molecular weight excluding hydrogens is 208 g/mol. The maximum atomic E-state index is 9.05. The van der Waals surface area contributed by atoms with E-state index in [1.807, 2.05) is 0 Å². The van der Waals surface area contributed by atoms with Gasteiger partial charge in [-0.1, -0.05) is 63.4 Å². The fraction of sp³-hybridized carbons (Fsp3) is 0.625. The van der Waals surface area contributed by atoms with Crippen LogP contribution in [0, 0.1) is 0 Å². The molecule has 0 radical (unpaired) electrons.